The van der Waals surface area contributed by atoms with Crippen LogP contribution in [0, 0.1) is 5.92 Å². The van der Waals surface area contributed by atoms with Crippen LogP contribution in [0.15, 0.2) is 24.3 Å². The first-order valence-electron chi connectivity index (χ1n) is 7.77. The third-order valence-corrected chi connectivity index (χ3v) is 4.23. The van der Waals surface area contributed by atoms with Crippen molar-refractivity contribution in [2.45, 2.75) is 39.2 Å². The number of nitrogens with zero attached hydrogens (tertiary/aromatic N) is 2. The quantitative estimate of drug-likeness (QED) is 0.841. The first-order chi connectivity index (χ1) is 10.5. The Morgan fingerprint density at radius 3 is 2.73 bits per heavy atom. The summed E-state index contributed by atoms with van der Waals surface area (Å²) in [6, 6.07) is 6.40. The summed E-state index contributed by atoms with van der Waals surface area (Å²) >= 11 is 0. The highest BCUT2D eigenvalue weighted by molar-refractivity contribution is 6.22. The zero-order valence-corrected chi connectivity index (χ0v) is 12.9. The van der Waals surface area contributed by atoms with Gasteiger partial charge in [-0.05, 0) is 30.9 Å². The van der Waals surface area contributed by atoms with E-state index in [1.54, 1.807) is 29.2 Å². The van der Waals surface area contributed by atoms with Gasteiger partial charge in [-0.2, -0.15) is 0 Å². The average Bonchev–Trinajstić information content (AvgIpc) is 2.93. The molecule has 116 valence electrons. The number of benzene rings is 1. The number of fused-ring (bicyclic) bond motifs is 2. The molecule has 1 aromatic carbocycles. The minimum Gasteiger partial charge on any atom is -0.327 e. The van der Waals surface area contributed by atoms with Gasteiger partial charge in [0.25, 0.3) is 11.8 Å². The van der Waals surface area contributed by atoms with E-state index in [0.717, 1.165) is 6.42 Å². The fourth-order valence-electron chi connectivity index (χ4n) is 3.24. The summed E-state index contributed by atoms with van der Waals surface area (Å²) in [6.07, 6.45) is 1.72. The molecule has 1 unspecified atom stereocenters. The van der Waals surface area contributed by atoms with Crippen LogP contribution in [0.3, 0.4) is 0 Å². The van der Waals surface area contributed by atoms with Gasteiger partial charge in [-0.1, -0.05) is 26.0 Å². The van der Waals surface area contributed by atoms with E-state index in [2.05, 4.69) is 0 Å². The Balaban J connectivity index is 2.10. The highest BCUT2D eigenvalue weighted by atomic mass is 16.2. The maximum absolute atomic E-state index is 12.9. The molecule has 3 rings (SSSR count). The van der Waals surface area contributed by atoms with Crippen molar-refractivity contribution in [3.8, 4) is 0 Å². The predicted molar refractivity (Wildman–Crippen MR) is 82.4 cm³/mol. The van der Waals surface area contributed by atoms with E-state index in [0.29, 0.717) is 30.6 Å². The third kappa shape index (κ3) is 2.30. The molecule has 2 aliphatic heterocycles. The number of anilines is 1. The second-order valence-corrected chi connectivity index (χ2v) is 6.34. The summed E-state index contributed by atoms with van der Waals surface area (Å²) in [5.74, 6) is -0.479. The normalized spacial score (nSPS) is 21.0. The summed E-state index contributed by atoms with van der Waals surface area (Å²) in [5, 5.41) is 0. The van der Waals surface area contributed by atoms with Crippen molar-refractivity contribution < 1.29 is 14.4 Å². The van der Waals surface area contributed by atoms with Crippen molar-refractivity contribution in [1.82, 2.24) is 4.90 Å². The van der Waals surface area contributed by atoms with Crippen molar-refractivity contribution in [3.05, 3.63) is 29.8 Å². The molecule has 0 spiro atoms. The van der Waals surface area contributed by atoms with Gasteiger partial charge in [0.15, 0.2) is 0 Å². The molecule has 1 aromatic rings. The zero-order valence-electron chi connectivity index (χ0n) is 12.9. The van der Waals surface area contributed by atoms with Crippen molar-refractivity contribution >= 4 is 23.4 Å². The van der Waals surface area contributed by atoms with E-state index < -0.39 is 6.04 Å². The molecule has 0 aromatic heterocycles. The molecule has 1 saturated heterocycles. The number of hydrogen-bond acceptors (Lipinski definition) is 3. The first-order valence-corrected chi connectivity index (χ1v) is 7.77. The summed E-state index contributed by atoms with van der Waals surface area (Å²) in [7, 11) is 0. The third-order valence-electron chi connectivity index (χ3n) is 4.23. The molecule has 5 heteroatoms. The van der Waals surface area contributed by atoms with Crippen LogP contribution < -0.4 is 4.90 Å². The molecule has 1 atom stereocenters. The smallest absolute Gasteiger partial charge is 0.256 e. The van der Waals surface area contributed by atoms with Gasteiger partial charge in [0.05, 0.1) is 11.3 Å². The Morgan fingerprint density at radius 1 is 1.27 bits per heavy atom. The molecule has 0 N–H and O–H groups in total. The summed E-state index contributed by atoms with van der Waals surface area (Å²) < 4.78 is 0. The fraction of sp³-hybridized carbons (Fsp3) is 0.471. The Morgan fingerprint density at radius 2 is 2.00 bits per heavy atom. The lowest BCUT2D eigenvalue weighted by Crippen LogP contribution is -2.47. The second-order valence-electron chi connectivity index (χ2n) is 6.34. The Bertz CT molecular complexity index is 639. The molecule has 1 fully saturated rings. The Hall–Kier alpha value is -2.17. The average molecular weight is 300 g/mol. The van der Waals surface area contributed by atoms with Gasteiger partial charge in [-0.3, -0.25) is 14.4 Å². The minimum absolute atomic E-state index is 0.147. The van der Waals surface area contributed by atoms with Gasteiger partial charge in [0.1, 0.15) is 6.04 Å². The highest BCUT2D eigenvalue weighted by Crippen LogP contribution is 2.33. The Kier molecular flexibility index (Phi) is 3.72. The van der Waals surface area contributed by atoms with Gasteiger partial charge >= 0.3 is 0 Å². The van der Waals surface area contributed by atoms with Crippen LogP contribution in [0.1, 0.15) is 43.5 Å². The number of carbonyl (C=O) groups excluding carboxylic acids is 3. The summed E-state index contributed by atoms with van der Waals surface area (Å²) in [6.45, 7) is 4.47. The SMILES string of the molecule is CC(C)CC(=O)N1C(=O)C2CCCN2C(=O)c2ccccc21. The lowest BCUT2D eigenvalue weighted by Gasteiger charge is -2.25. The molecule has 3 amide bonds. The maximum atomic E-state index is 12.9. The largest absolute Gasteiger partial charge is 0.327 e. The van der Waals surface area contributed by atoms with E-state index in [-0.39, 0.29) is 23.6 Å². The highest BCUT2D eigenvalue weighted by Gasteiger charge is 2.43. The predicted octanol–water partition coefficient (Wildman–Crippen LogP) is 2.21. The van der Waals surface area contributed by atoms with E-state index >= 15 is 0 Å². The van der Waals surface area contributed by atoms with E-state index in [4.69, 9.17) is 0 Å². The number of carbonyl (C=O) groups is 3. The first kappa shape index (κ1) is 14.8. The molecule has 22 heavy (non-hydrogen) atoms. The van der Waals surface area contributed by atoms with Crippen LogP contribution >= 0.6 is 0 Å². The van der Waals surface area contributed by atoms with Gasteiger partial charge in [-0.15, -0.1) is 0 Å². The van der Waals surface area contributed by atoms with Crippen molar-refractivity contribution in [1.29, 1.82) is 0 Å². The molecular formula is C17H20N2O3. The molecule has 2 aliphatic rings. The molecular weight excluding hydrogens is 280 g/mol. The van der Waals surface area contributed by atoms with Crippen LogP contribution in [-0.4, -0.2) is 35.2 Å². The van der Waals surface area contributed by atoms with Crippen LogP contribution in [0.4, 0.5) is 5.69 Å². The van der Waals surface area contributed by atoms with Crippen LogP contribution in [0.5, 0.6) is 0 Å². The maximum Gasteiger partial charge on any atom is 0.256 e. The second kappa shape index (κ2) is 5.55. The van der Waals surface area contributed by atoms with Gasteiger partial charge in [0, 0.05) is 13.0 Å². The van der Waals surface area contributed by atoms with E-state index in [1.807, 2.05) is 13.8 Å². The number of hydrogen-bond donors (Lipinski definition) is 0. The van der Waals surface area contributed by atoms with Crippen LogP contribution in [-0.2, 0) is 9.59 Å². The number of imide groups is 1. The van der Waals surface area contributed by atoms with Crippen LogP contribution in [0.25, 0.3) is 0 Å². The number of amides is 3. The van der Waals surface area contributed by atoms with Gasteiger partial charge in [0.2, 0.25) is 5.91 Å². The minimum atomic E-state index is -0.504. The van der Waals surface area contributed by atoms with Gasteiger partial charge in [-0.25, -0.2) is 4.90 Å². The summed E-state index contributed by atoms with van der Waals surface area (Å²) in [5.41, 5.74) is 0.870. The van der Waals surface area contributed by atoms with Crippen LogP contribution in [0.2, 0.25) is 0 Å². The lowest BCUT2D eigenvalue weighted by molar-refractivity contribution is -0.128. The molecule has 0 saturated carbocycles. The van der Waals surface area contributed by atoms with E-state index in [1.165, 1.54) is 4.90 Å². The number of rotatable bonds is 2. The molecule has 0 radical (unpaired) electrons. The monoisotopic (exact) mass is 300 g/mol. The molecule has 5 nitrogen and oxygen atoms in total. The Labute approximate surface area is 129 Å². The van der Waals surface area contributed by atoms with Crippen molar-refractivity contribution in [3.63, 3.8) is 0 Å². The van der Waals surface area contributed by atoms with Crippen molar-refractivity contribution in [2.24, 2.45) is 5.92 Å². The van der Waals surface area contributed by atoms with Crippen molar-refractivity contribution in [2.75, 3.05) is 11.4 Å². The van der Waals surface area contributed by atoms with E-state index in [9.17, 15) is 14.4 Å². The fourth-order valence-corrected chi connectivity index (χ4v) is 3.24. The topological polar surface area (TPSA) is 57.7 Å². The lowest BCUT2D eigenvalue weighted by atomic mass is 10.1. The standard InChI is InChI=1S/C17H20N2O3/c1-11(2)10-15(20)19-13-7-4-3-6-12(13)16(21)18-9-5-8-14(18)17(19)22/h3-4,6-7,11,14H,5,8-10H2,1-2H3. The zero-order chi connectivity index (χ0) is 15.9. The molecule has 0 bridgehead atoms. The summed E-state index contributed by atoms with van der Waals surface area (Å²) in [4.78, 5) is 41.0. The number of para-hydroxylation sites is 1. The van der Waals surface area contributed by atoms with Gasteiger partial charge < -0.3 is 4.90 Å². The molecule has 2 heterocycles. The molecule has 0 aliphatic carbocycles.